The number of aromatic nitrogens is 3. The SMILES string of the molecule is Cc1c(-c2ccnc(N)n2)c(C)n2c1C(=O)NCC2. The fourth-order valence-electron chi connectivity index (χ4n) is 2.72. The van der Waals surface area contributed by atoms with E-state index in [1.165, 1.54) is 0 Å². The third-order valence-corrected chi connectivity index (χ3v) is 3.53. The molecule has 2 aromatic heterocycles. The molecule has 0 aliphatic carbocycles. The van der Waals surface area contributed by atoms with E-state index in [0.717, 1.165) is 34.8 Å². The zero-order valence-corrected chi connectivity index (χ0v) is 10.9. The molecule has 0 saturated heterocycles. The fourth-order valence-corrected chi connectivity index (χ4v) is 2.72. The van der Waals surface area contributed by atoms with Gasteiger partial charge < -0.3 is 15.6 Å². The van der Waals surface area contributed by atoms with Crippen LogP contribution in [0, 0.1) is 13.8 Å². The molecule has 0 spiro atoms. The van der Waals surface area contributed by atoms with Crippen molar-refractivity contribution in [1.82, 2.24) is 19.9 Å². The van der Waals surface area contributed by atoms with Crippen molar-refractivity contribution in [1.29, 1.82) is 0 Å². The van der Waals surface area contributed by atoms with Gasteiger partial charge in [0.25, 0.3) is 5.91 Å². The largest absolute Gasteiger partial charge is 0.368 e. The van der Waals surface area contributed by atoms with Gasteiger partial charge in [0.2, 0.25) is 5.95 Å². The van der Waals surface area contributed by atoms with Crippen LogP contribution in [0.25, 0.3) is 11.3 Å². The maximum atomic E-state index is 12.0. The van der Waals surface area contributed by atoms with E-state index in [-0.39, 0.29) is 11.9 Å². The lowest BCUT2D eigenvalue weighted by Crippen LogP contribution is -2.35. The lowest BCUT2D eigenvalue weighted by molar-refractivity contribution is 0.0926. The van der Waals surface area contributed by atoms with Gasteiger partial charge in [-0.1, -0.05) is 0 Å². The van der Waals surface area contributed by atoms with Gasteiger partial charge >= 0.3 is 0 Å². The first-order chi connectivity index (χ1) is 9.09. The van der Waals surface area contributed by atoms with Crippen molar-refractivity contribution in [3.8, 4) is 11.3 Å². The minimum atomic E-state index is -0.0277. The highest BCUT2D eigenvalue weighted by Crippen LogP contribution is 2.31. The molecule has 0 saturated carbocycles. The molecule has 6 heteroatoms. The summed E-state index contributed by atoms with van der Waals surface area (Å²) in [7, 11) is 0. The molecule has 1 aliphatic rings. The van der Waals surface area contributed by atoms with Gasteiger partial charge in [-0.25, -0.2) is 9.97 Å². The van der Waals surface area contributed by atoms with E-state index in [4.69, 9.17) is 5.73 Å². The highest BCUT2D eigenvalue weighted by molar-refractivity contribution is 5.97. The summed E-state index contributed by atoms with van der Waals surface area (Å²) in [5, 5.41) is 2.87. The van der Waals surface area contributed by atoms with Crippen LogP contribution in [0.4, 0.5) is 5.95 Å². The van der Waals surface area contributed by atoms with Gasteiger partial charge in [-0.15, -0.1) is 0 Å². The fraction of sp³-hybridized carbons (Fsp3) is 0.308. The third-order valence-electron chi connectivity index (χ3n) is 3.53. The zero-order valence-electron chi connectivity index (χ0n) is 10.9. The molecule has 19 heavy (non-hydrogen) atoms. The van der Waals surface area contributed by atoms with Crippen LogP contribution in [0.15, 0.2) is 12.3 Å². The second-order valence-electron chi connectivity index (χ2n) is 4.64. The Balaban J connectivity index is 2.26. The maximum absolute atomic E-state index is 12.0. The molecule has 2 aromatic rings. The van der Waals surface area contributed by atoms with E-state index in [9.17, 15) is 4.79 Å². The summed E-state index contributed by atoms with van der Waals surface area (Å²) in [6, 6.07) is 1.82. The molecule has 3 N–H and O–H groups in total. The third kappa shape index (κ3) is 1.68. The van der Waals surface area contributed by atoms with Gasteiger partial charge in [0.05, 0.1) is 5.69 Å². The summed E-state index contributed by atoms with van der Waals surface area (Å²) in [6.45, 7) is 5.39. The first kappa shape index (κ1) is 11.7. The van der Waals surface area contributed by atoms with Crippen molar-refractivity contribution in [2.75, 3.05) is 12.3 Å². The molecule has 3 rings (SSSR count). The van der Waals surface area contributed by atoms with Crippen LogP contribution < -0.4 is 11.1 Å². The molecule has 0 fully saturated rings. The van der Waals surface area contributed by atoms with Crippen molar-refractivity contribution in [3.63, 3.8) is 0 Å². The second kappa shape index (κ2) is 4.08. The lowest BCUT2D eigenvalue weighted by atomic mass is 10.1. The number of amides is 1. The molecule has 1 amide bonds. The van der Waals surface area contributed by atoms with Crippen LogP contribution in [0.2, 0.25) is 0 Å². The van der Waals surface area contributed by atoms with Crippen LogP contribution in [0.5, 0.6) is 0 Å². The van der Waals surface area contributed by atoms with Crippen molar-refractivity contribution in [2.24, 2.45) is 0 Å². The summed E-state index contributed by atoms with van der Waals surface area (Å²) < 4.78 is 2.04. The number of anilines is 1. The number of rotatable bonds is 1. The highest BCUT2D eigenvalue weighted by Gasteiger charge is 2.26. The van der Waals surface area contributed by atoms with E-state index in [1.807, 2.05) is 24.5 Å². The average molecular weight is 257 g/mol. The second-order valence-corrected chi connectivity index (χ2v) is 4.64. The van der Waals surface area contributed by atoms with Crippen LogP contribution in [0.3, 0.4) is 0 Å². The first-order valence-corrected chi connectivity index (χ1v) is 6.16. The van der Waals surface area contributed by atoms with E-state index in [2.05, 4.69) is 15.3 Å². The first-order valence-electron chi connectivity index (χ1n) is 6.16. The molecule has 0 bridgehead atoms. The summed E-state index contributed by atoms with van der Waals surface area (Å²) >= 11 is 0. The summed E-state index contributed by atoms with van der Waals surface area (Å²) in [6.07, 6.45) is 1.63. The lowest BCUT2D eigenvalue weighted by Gasteiger charge is -2.17. The number of hydrogen-bond acceptors (Lipinski definition) is 4. The number of nitrogens with one attached hydrogen (secondary N) is 1. The molecule has 0 unspecified atom stereocenters. The Morgan fingerprint density at radius 3 is 2.89 bits per heavy atom. The minimum absolute atomic E-state index is 0.0277. The Bertz CT molecular complexity index is 674. The number of nitrogens with two attached hydrogens (primary N) is 1. The Kier molecular flexibility index (Phi) is 2.51. The Hall–Kier alpha value is -2.37. The smallest absolute Gasteiger partial charge is 0.268 e. The minimum Gasteiger partial charge on any atom is -0.368 e. The van der Waals surface area contributed by atoms with Gasteiger partial charge in [0.1, 0.15) is 5.69 Å². The van der Waals surface area contributed by atoms with E-state index in [0.29, 0.717) is 6.54 Å². The molecule has 3 heterocycles. The van der Waals surface area contributed by atoms with Crippen molar-refractivity contribution < 1.29 is 4.79 Å². The Morgan fingerprint density at radius 1 is 1.42 bits per heavy atom. The van der Waals surface area contributed by atoms with Crippen molar-refractivity contribution >= 4 is 11.9 Å². The van der Waals surface area contributed by atoms with Crippen LogP contribution in [-0.4, -0.2) is 27.0 Å². The molecule has 0 aromatic carbocycles. The van der Waals surface area contributed by atoms with Gasteiger partial charge in [-0.2, -0.15) is 0 Å². The topological polar surface area (TPSA) is 85.8 Å². The van der Waals surface area contributed by atoms with Crippen LogP contribution in [0.1, 0.15) is 21.7 Å². The average Bonchev–Trinajstić information content (AvgIpc) is 2.63. The van der Waals surface area contributed by atoms with Gasteiger partial charge in [-0.3, -0.25) is 4.79 Å². The summed E-state index contributed by atoms with van der Waals surface area (Å²) in [4.78, 5) is 20.1. The summed E-state index contributed by atoms with van der Waals surface area (Å²) in [5.41, 5.74) is 10.1. The van der Waals surface area contributed by atoms with E-state index < -0.39 is 0 Å². The molecular formula is C13H15N5O. The maximum Gasteiger partial charge on any atom is 0.268 e. The molecule has 0 radical (unpaired) electrons. The predicted molar refractivity (Wildman–Crippen MR) is 71.7 cm³/mol. The molecular weight excluding hydrogens is 242 g/mol. The normalized spacial score (nSPS) is 14.1. The number of nitrogens with zero attached hydrogens (tertiary/aromatic N) is 3. The number of fused-ring (bicyclic) bond motifs is 1. The standard InChI is InChI=1S/C13H15N5O/c1-7-10(9-3-4-16-13(14)17-9)8(2)18-6-5-15-12(19)11(7)18/h3-4H,5-6H2,1-2H3,(H,15,19)(H2,14,16,17). The number of carbonyl (C=O) groups excluding carboxylic acids is 1. The Labute approximate surface area is 110 Å². The monoisotopic (exact) mass is 257 g/mol. The van der Waals surface area contributed by atoms with Crippen molar-refractivity contribution in [3.05, 3.63) is 29.2 Å². The van der Waals surface area contributed by atoms with Gasteiger partial charge in [0.15, 0.2) is 0 Å². The number of nitrogen functional groups attached to an aromatic ring is 1. The van der Waals surface area contributed by atoms with Gasteiger partial charge in [-0.05, 0) is 25.5 Å². The number of carbonyl (C=O) groups is 1. The van der Waals surface area contributed by atoms with E-state index >= 15 is 0 Å². The molecule has 1 aliphatic heterocycles. The van der Waals surface area contributed by atoms with Crippen LogP contribution >= 0.6 is 0 Å². The van der Waals surface area contributed by atoms with Gasteiger partial charge in [0, 0.05) is 30.5 Å². The summed E-state index contributed by atoms with van der Waals surface area (Å²) in [5.74, 6) is 0.213. The zero-order chi connectivity index (χ0) is 13.6. The predicted octanol–water partition coefficient (Wildman–Crippen LogP) is 0.888. The van der Waals surface area contributed by atoms with E-state index in [1.54, 1.807) is 6.20 Å². The Morgan fingerprint density at radius 2 is 2.21 bits per heavy atom. The molecule has 6 nitrogen and oxygen atoms in total. The number of hydrogen-bond donors (Lipinski definition) is 2. The van der Waals surface area contributed by atoms with Crippen molar-refractivity contribution in [2.45, 2.75) is 20.4 Å². The van der Waals surface area contributed by atoms with Crippen LogP contribution in [-0.2, 0) is 6.54 Å². The quantitative estimate of drug-likeness (QED) is 0.794. The molecule has 0 atom stereocenters. The molecule has 98 valence electrons. The highest BCUT2D eigenvalue weighted by atomic mass is 16.2.